The topological polar surface area (TPSA) is 79.5 Å². The van der Waals surface area contributed by atoms with Crippen molar-refractivity contribution < 1.29 is 14.3 Å². The molecule has 6 nitrogen and oxygen atoms in total. The van der Waals surface area contributed by atoms with Crippen LogP contribution in [0.15, 0.2) is 30.3 Å². The van der Waals surface area contributed by atoms with E-state index in [1.807, 2.05) is 37.3 Å². The van der Waals surface area contributed by atoms with Crippen LogP contribution in [0.1, 0.15) is 32.3 Å². The zero-order valence-electron chi connectivity index (χ0n) is 15.3. The number of amides is 1. The summed E-state index contributed by atoms with van der Waals surface area (Å²) >= 11 is 5.66. The monoisotopic (exact) mass is 405 g/mol. The molecule has 148 valence electrons. The van der Waals surface area contributed by atoms with Crippen molar-refractivity contribution in [2.75, 3.05) is 19.0 Å². The highest BCUT2D eigenvalue weighted by atomic mass is 35.5. The van der Waals surface area contributed by atoms with Crippen molar-refractivity contribution in [2.45, 2.75) is 45.2 Å². The van der Waals surface area contributed by atoms with Gasteiger partial charge in [0.1, 0.15) is 12.1 Å². The highest BCUT2D eigenvalue weighted by Crippen LogP contribution is 2.05. The van der Waals surface area contributed by atoms with Gasteiger partial charge in [-0.1, -0.05) is 43.7 Å². The van der Waals surface area contributed by atoms with Crippen LogP contribution >= 0.6 is 24.0 Å². The smallest absolute Gasteiger partial charge is 0.328 e. The molecule has 8 heteroatoms. The van der Waals surface area contributed by atoms with Gasteiger partial charge in [0.25, 0.3) is 0 Å². The molecule has 0 unspecified atom stereocenters. The van der Waals surface area contributed by atoms with Crippen LogP contribution in [0.4, 0.5) is 0 Å². The molecule has 0 saturated heterocycles. The van der Waals surface area contributed by atoms with Gasteiger partial charge in [-0.3, -0.25) is 10.2 Å². The highest BCUT2D eigenvalue weighted by Gasteiger charge is 2.26. The molecule has 1 aromatic rings. The van der Waals surface area contributed by atoms with Gasteiger partial charge >= 0.3 is 5.97 Å². The average Bonchev–Trinajstić information content (AvgIpc) is 2.61. The van der Waals surface area contributed by atoms with E-state index in [-0.39, 0.29) is 24.9 Å². The Morgan fingerprint density at radius 1 is 1.15 bits per heavy atom. The summed E-state index contributed by atoms with van der Waals surface area (Å²) in [7, 11) is 0. The molecule has 0 spiro atoms. The quantitative estimate of drug-likeness (QED) is 0.215. The number of alkyl halides is 1. The first-order chi connectivity index (χ1) is 12.1. The van der Waals surface area contributed by atoms with Gasteiger partial charge in [0.15, 0.2) is 0 Å². The molecule has 0 fully saturated rings. The molecular formula is C18H29Cl2N3O3. The third-order valence-electron chi connectivity index (χ3n) is 3.56. The average molecular weight is 406 g/mol. The Bertz CT molecular complexity index is 518. The molecule has 0 aliphatic heterocycles. The minimum Gasteiger partial charge on any atom is -0.464 e. The van der Waals surface area contributed by atoms with Crippen LogP contribution in [-0.2, 0) is 20.7 Å². The van der Waals surface area contributed by atoms with Crippen LogP contribution in [0.3, 0.4) is 0 Å². The number of carbonyl (C=O) groups excluding carboxylic acids is 2. The number of esters is 1. The molecular weight excluding hydrogens is 377 g/mol. The summed E-state index contributed by atoms with van der Waals surface area (Å²) in [6, 6.07) is 8.53. The molecule has 1 rings (SSSR count). The first-order valence-corrected chi connectivity index (χ1v) is 9.21. The van der Waals surface area contributed by atoms with Crippen LogP contribution in [0, 0.1) is 0 Å². The number of halogens is 2. The molecule has 1 amide bonds. The van der Waals surface area contributed by atoms with Crippen LogP contribution in [0.25, 0.3) is 0 Å². The number of ether oxygens (including phenoxy) is 1. The van der Waals surface area contributed by atoms with Crippen molar-refractivity contribution >= 4 is 35.9 Å². The summed E-state index contributed by atoms with van der Waals surface area (Å²) in [5.74, 6) is -0.226. The Kier molecular flexibility index (Phi) is 14.0. The van der Waals surface area contributed by atoms with Crippen molar-refractivity contribution in [3.8, 4) is 0 Å². The lowest BCUT2D eigenvalue weighted by Gasteiger charge is -2.22. The molecule has 0 saturated carbocycles. The van der Waals surface area contributed by atoms with E-state index >= 15 is 0 Å². The van der Waals surface area contributed by atoms with E-state index in [1.165, 1.54) is 0 Å². The first kappa shape index (κ1) is 24.7. The summed E-state index contributed by atoms with van der Waals surface area (Å²) in [6.07, 6.45) is 1.80. The Labute approximate surface area is 166 Å². The fraction of sp³-hybridized carbons (Fsp3) is 0.556. The second-order valence-corrected chi connectivity index (χ2v) is 5.98. The number of carbonyl (C=O) groups is 2. The molecule has 0 bridgehead atoms. The van der Waals surface area contributed by atoms with Gasteiger partial charge in [0, 0.05) is 12.4 Å². The lowest BCUT2D eigenvalue weighted by molar-refractivity contribution is -0.147. The molecule has 3 N–H and O–H groups in total. The number of nitrogens with one attached hydrogen (secondary N) is 3. The Hall–Kier alpha value is -1.34. The van der Waals surface area contributed by atoms with Crippen LogP contribution in [-0.4, -0.2) is 43.0 Å². The summed E-state index contributed by atoms with van der Waals surface area (Å²) in [4.78, 5) is 24.7. The Morgan fingerprint density at radius 2 is 1.85 bits per heavy atom. The van der Waals surface area contributed by atoms with E-state index < -0.39 is 18.1 Å². The van der Waals surface area contributed by atoms with Gasteiger partial charge in [-0.25, -0.2) is 10.2 Å². The fourth-order valence-electron chi connectivity index (χ4n) is 2.35. The van der Waals surface area contributed by atoms with Crippen molar-refractivity contribution in [1.82, 2.24) is 16.2 Å². The van der Waals surface area contributed by atoms with E-state index in [4.69, 9.17) is 16.3 Å². The van der Waals surface area contributed by atoms with Gasteiger partial charge in [-0.15, -0.1) is 24.0 Å². The summed E-state index contributed by atoms with van der Waals surface area (Å²) in [5.41, 5.74) is 6.95. The lowest BCUT2D eigenvalue weighted by atomic mass is 10.0. The molecule has 1 aromatic carbocycles. The third kappa shape index (κ3) is 9.38. The van der Waals surface area contributed by atoms with Crippen molar-refractivity contribution in [1.29, 1.82) is 0 Å². The summed E-state index contributed by atoms with van der Waals surface area (Å²) in [5, 5.41) is 2.80. The number of hydrazine groups is 1. The van der Waals surface area contributed by atoms with Gasteiger partial charge in [-0.2, -0.15) is 0 Å². The standard InChI is InChI=1S/C18H28ClN3O3.ClH/c1-3-8-15(18(24)25-4-2)21-17(23)16(22-20-12-11-19)13-14-9-6-5-7-10-14;/h5-7,9-10,15-16,20,22H,3-4,8,11-13H2,1-2H3,(H,21,23);1H/t15-,16-;/m0./s1. The molecule has 0 aliphatic carbocycles. The summed E-state index contributed by atoms with van der Waals surface area (Å²) in [6.45, 7) is 4.52. The second kappa shape index (κ2) is 14.8. The van der Waals surface area contributed by atoms with Crippen LogP contribution in [0.5, 0.6) is 0 Å². The van der Waals surface area contributed by atoms with Crippen LogP contribution in [0.2, 0.25) is 0 Å². The van der Waals surface area contributed by atoms with Gasteiger partial charge in [0.05, 0.1) is 6.61 Å². The molecule has 26 heavy (non-hydrogen) atoms. The van der Waals surface area contributed by atoms with Crippen molar-refractivity contribution in [2.24, 2.45) is 0 Å². The zero-order valence-corrected chi connectivity index (χ0v) is 16.9. The SMILES string of the molecule is CCC[C@H](NC(=O)[C@H](Cc1ccccc1)NNCCCl)C(=O)OCC.Cl. The minimum atomic E-state index is -0.634. The van der Waals surface area contributed by atoms with E-state index in [0.717, 1.165) is 12.0 Å². The van der Waals surface area contributed by atoms with E-state index in [9.17, 15) is 9.59 Å². The fourth-order valence-corrected chi connectivity index (χ4v) is 2.45. The van der Waals surface area contributed by atoms with Crippen LogP contribution < -0.4 is 16.2 Å². The zero-order chi connectivity index (χ0) is 18.5. The highest BCUT2D eigenvalue weighted by molar-refractivity contribution is 6.18. The third-order valence-corrected chi connectivity index (χ3v) is 3.75. The van der Waals surface area contributed by atoms with E-state index in [0.29, 0.717) is 25.3 Å². The molecule has 0 heterocycles. The minimum absolute atomic E-state index is 0. The molecule has 0 aromatic heterocycles. The number of rotatable bonds is 12. The largest absolute Gasteiger partial charge is 0.464 e. The lowest BCUT2D eigenvalue weighted by Crippen LogP contribution is -2.55. The van der Waals surface area contributed by atoms with Crippen molar-refractivity contribution in [3.05, 3.63) is 35.9 Å². The number of hydrogen-bond acceptors (Lipinski definition) is 5. The normalized spacial score (nSPS) is 12.6. The second-order valence-electron chi connectivity index (χ2n) is 5.60. The summed E-state index contributed by atoms with van der Waals surface area (Å²) < 4.78 is 5.05. The maximum atomic E-state index is 12.7. The first-order valence-electron chi connectivity index (χ1n) is 8.67. The Morgan fingerprint density at radius 3 is 2.42 bits per heavy atom. The van der Waals surface area contributed by atoms with Crippen molar-refractivity contribution in [3.63, 3.8) is 0 Å². The molecule has 0 aliphatic rings. The number of benzene rings is 1. The van der Waals surface area contributed by atoms with Gasteiger partial charge < -0.3 is 10.1 Å². The maximum absolute atomic E-state index is 12.7. The van der Waals surface area contributed by atoms with Gasteiger partial charge in [-0.05, 0) is 25.3 Å². The van der Waals surface area contributed by atoms with Gasteiger partial charge in [0.2, 0.25) is 5.91 Å². The van der Waals surface area contributed by atoms with E-state index in [2.05, 4.69) is 16.2 Å². The molecule has 0 radical (unpaired) electrons. The predicted octanol–water partition coefficient (Wildman–Crippen LogP) is 2.20. The van der Waals surface area contributed by atoms with E-state index in [1.54, 1.807) is 6.92 Å². The number of hydrogen-bond donors (Lipinski definition) is 3. The maximum Gasteiger partial charge on any atom is 0.328 e. The molecule has 2 atom stereocenters. The Balaban J connectivity index is 0.00000625. The predicted molar refractivity (Wildman–Crippen MR) is 107 cm³/mol.